The third-order valence-corrected chi connectivity index (χ3v) is 3.17. The highest BCUT2D eigenvalue weighted by atomic mass is 19.1. The lowest BCUT2D eigenvalue weighted by Crippen LogP contribution is -2.47. The minimum Gasteiger partial charge on any atom is -0.453 e. The van der Waals surface area contributed by atoms with Gasteiger partial charge in [-0.3, -0.25) is 10.1 Å². The number of hydrogen-bond donors (Lipinski definition) is 1. The fourth-order valence-electron chi connectivity index (χ4n) is 2.08. The second kappa shape index (κ2) is 6.15. The number of alkyl halides is 1. The number of aliphatic hydroxyl groups is 1. The summed E-state index contributed by atoms with van der Waals surface area (Å²) in [7, 11) is 0. The molecular formula is C13H14FNO6. The van der Waals surface area contributed by atoms with Crippen LogP contribution in [0.3, 0.4) is 0 Å². The van der Waals surface area contributed by atoms with E-state index in [1.807, 2.05) is 0 Å². The Balaban J connectivity index is 2.05. The van der Waals surface area contributed by atoms with Crippen molar-refractivity contribution in [2.24, 2.45) is 0 Å². The van der Waals surface area contributed by atoms with Gasteiger partial charge in [-0.25, -0.2) is 9.18 Å². The van der Waals surface area contributed by atoms with Crippen molar-refractivity contribution in [3.05, 3.63) is 39.9 Å². The molecule has 1 N–H and O–H groups in total. The maximum absolute atomic E-state index is 13.8. The molecule has 114 valence electrons. The summed E-state index contributed by atoms with van der Waals surface area (Å²) in [6, 6.07) is 4.79. The summed E-state index contributed by atoms with van der Waals surface area (Å²) in [4.78, 5) is 21.8. The summed E-state index contributed by atoms with van der Waals surface area (Å²) < 4.78 is 23.8. The van der Waals surface area contributed by atoms with Gasteiger partial charge < -0.3 is 14.6 Å². The molecule has 0 aliphatic carbocycles. The fraction of sp³-hybridized carbons (Fsp3) is 0.462. The molecule has 1 aromatic carbocycles. The summed E-state index contributed by atoms with van der Waals surface area (Å²) in [6.07, 6.45) is -4.94. The van der Waals surface area contributed by atoms with Crippen molar-refractivity contribution in [3.63, 3.8) is 0 Å². The molecule has 1 aromatic rings. The number of nitro groups is 1. The first-order chi connectivity index (χ1) is 9.88. The van der Waals surface area contributed by atoms with Crippen LogP contribution in [0.15, 0.2) is 24.3 Å². The van der Waals surface area contributed by atoms with E-state index in [4.69, 9.17) is 9.47 Å². The molecule has 0 radical (unpaired) electrons. The van der Waals surface area contributed by atoms with Gasteiger partial charge in [0, 0.05) is 18.6 Å². The van der Waals surface area contributed by atoms with Crippen LogP contribution in [0, 0.1) is 10.1 Å². The van der Waals surface area contributed by atoms with Crippen molar-refractivity contribution in [1.82, 2.24) is 0 Å². The highest BCUT2D eigenvalue weighted by Crippen LogP contribution is 2.25. The molecule has 4 unspecified atom stereocenters. The van der Waals surface area contributed by atoms with E-state index in [0.717, 1.165) is 12.1 Å². The summed E-state index contributed by atoms with van der Waals surface area (Å²) in [5.74, 6) is -0.801. The van der Waals surface area contributed by atoms with Gasteiger partial charge in [-0.15, -0.1) is 0 Å². The largest absolute Gasteiger partial charge is 0.453 e. The summed E-state index contributed by atoms with van der Waals surface area (Å²) in [6.45, 7) is 1.49. The first-order valence-electron chi connectivity index (χ1n) is 6.31. The number of nitro benzene ring substituents is 1. The lowest BCUT2D eigenvalue weighted by molar-refractivity contribution is -0.384. The van der Waals surface area contributed by atoms with Crippen LogP contribution in [0.4, 0.5) is 10.1 Å². The second-order valence-electron chi connectivity index (χ2n) is 4.72. The molecule has 0 amide bonds. The summed E-state index contributed by atoms with van der Waals surface area (Å²) in [5, 5.41) is 19.8. The van der Waals surface area contributed by atoms with Crippen LogP contribution in [0.5, 0.6) is 0 Å². The molecule has 1 aliphatic rings. The van der Waals surface area contributed by atoms with Crippen LogP contribution >= 0.6 is 0 Å². The van der Waals surface area contributed by atoms with Crippen molar-refractivity contribution in [2.45, 2.75) is 38.0 Å². The van der Waals surface area contributed by atoms with E-state index in [9.17, 15) is 24.4 Å². The highest BCUT2D eigenvalue weighted by Gasteiger charge is 2.39. The SMILES string of the molecule is CC1OC(O)CC(F)C1OC(=O)c1ccc([N+](=O)[O-])cc1. The minimum absolute atomic E-state index is 0.0751. The molecule has 0 bridgehead atoms. The van der Waals surface area contributed by atoms with E-state index in [0.29, 0.717) is 0 Å². The van der Waals surface area contributed by atoms with E-state index in [-0.39, 0.29) is 17.7 Å². The molecule has 0 spiro atoms. The Labute approximate surface area is 119 Å². The molecule has 1 fully saturated rings. The standard InChI is InChI=1S/C13H14FNO6/c1-7-12(10(14)6-11(16)20-7)21-13(17)8-2-4-9(5-3-8)15(18)19/h2-5,7,10-12,16H,6H2,1H3. The number of rotatable bonds is 3. The monoisotopic (exact) mass is 299 g/mol. The Kier molecular flexibility index (Phi) is 4.49. The summed E-state index contributed by atoms with van der Waals surface area (Å²) >= 11 is 0. The van der Waals surface area contributed by atoms with Crippen molar-refractivity contribution >= 4 is 11.7 Å². The number of benzene rings is 1. The molecular weight excluding hydrogens is 285 g/mol. The normalized spacial score (nSPS) is 28.9. The maximum Gasteiger partial charge on any atom is 0.338 e. The number of esters is 1. The molecule has 0 saturated carbocycles. The van der Waals surface area contributed by atoms with Gasteiger partial charge in [-0.1, -0.05) is 0 Å². The second-order valence-corrected chi connectivity index (χ2v) is 4.72. The van der Waals surface area contributed by atoms with Crippen LogP contribution in [-0.2, 0) is 9.47 Å². The zero-order valence-electron chi connectivity index (χ0n) is 11.1. The lowest BCUT2D eigenvalue weighted by Gasteiger charge is -2.34. The van der Waals surface area contributed by atoms with Crippen molar-refractivity contribution in [2.75, 3.05) is 0 Å². The third-order valence-electron chi connectivity index (χ3n) is 3.17. The van der Waals surface area contributed by atoms with Gasteiger partial charge in [0.25, 0.3) is 5.69 Å². The number of aliphatic hydroxyl groups excluding tert-OH is 1. The van der Waals surface area contributed by atoms with Crippen molar-refractivity contribution in [3.8, 4) is 0 Å². The molecule has 8 heteroatoms. The van der Waals surface area contributed by atoms with Crippen LogP contribution in [-0.4, -0.2) is 40.7 Å². The minimum atomic E-state index is -1.54. The van der Waals surface area contributed by atoms with E-state index >= 15 is 0 Å². The van der Waals surface area contributed by atoms with Gasteiger partial charge in [0.1, 0.15) is 6.17 Å². The number of ether oxygens (including phenoxy) is 2. The van der Waals surface area contributed by atoms with E-state index in [1.165, 1.54) is 19.1 Å². The van der Waals surface area contributed by atoms with Gasteiger partial charge in [-0.05, 0) is 19.1 Å². The van der Waals surface area contributed by atoms with Crippen molar-refractivity contribution < 1.29 is 28.7 Å². The average Bonchev–Trinajstić information content (AvgIpc) is 2.42. The molecule has 4 atom stereocenters. The Hall–Kier alpha value is -2.06. The molecule has 7 nitrogen and oxygen atoms in total. The first-order valence-corrected chi connectivity index (χ1v) is 6.31. The molecule has 1 aliphatic heterocycles. The number of carbonyl (C=O) groups excluding carboxylic acids is 1. The van der Waals surface area contributed by atoms with Gasteiger partial charge in [-0.2, -0.15) is 0 Å². The zero-order valence-corrected chi connectivity index (χ0v) is 11.1. The smallest absolute Gasteiger partial charge is 0.338 e. The topological polar surface area (TPSA) is 98.9 Å². The van der Waals surface area contributed by atoms with E-state index in [2.05, 4.69) is 0 Å². The number of halogens is 1. The quantitative estimate of drug-likeness (QED) is 0.517. The van der Waals surface area contributed by atoms with Gasteiger partial charge in [0.15, 0.2) is 12.4 Å². The van der Waals surface area contributed by atoms with Crippen molar-refractivity contribution in [1.29, 1.82) is 0 Å². The summed E-state index contributed by atoms with van der Waals surface area (Å²) in [5.41, 5.74) is -0.0847. The van der Waals surface area contributed by atoms with E-state index < -0.39 is 35.6 Å². The predicted molar refractivity (Wildman–Crippen MR) is 68.4 cm³/mol. The van der Waals surface area contributed by atoms with Crippen LogP contribution in [0.25, 0.3) is 0 Å². The maximum atomic E-state index is 13.8. The molecule has 1 heterocycles. The highest BCUT2D eigenvalue weighted by molar-refractivity contribution is 5.89. The van der Waals surface area contributed by atoms with Crippen LogP contribution in [0.2, 0.25) is 0 Å². The van der Waals surface area contributed by atoms with Crippen LogP contribution < -0.4 is 0 Å². The Morgan fingerprint density at radius 1 is 1.48 bits per heavy atom. The third kappa shape index (κ3) is 3.53. The number of non-ortho nitro benzene ring substituents is 1. The Morgan fingerprint density at radius 3 is 2.62 bits per heavy atom. The molecule has 21 heavy (non-hydrogen) atoms. The molecule has 1 saturated heterocycles. The number of carbonyl (C=O) groups is 1. The Bertz CT molecular complexity index is 522. The van der Waals surface area contributed by atoms with Gasteiger partial charge >= 0.3 is 5.97 Å². The van der Waals surface area contributed by atoms with E-state index in [1.54, 1.807) is 0 Å². The average molecular weight is 299 g/mol. The zero-order chi connectivity index (χ0) is 15.6. The Morgan fingerprint density at radius 2 is 2.10 bits per heavy atom. The number of nitrogens with zero attached hydrogens (tertiary/aromatic N) is 1. The van der Waals surface area contributed by atoms with Gasteiger partial charge in [0.2, 0.25) is 0 Å². The fourth-order valence-corrected chi connectivity index (χ4v) is 2.08. The van der Waals surface area contributed by atoms with Crippen LogP contribution in [0.1, 0.15) is 23.7 Å². The predicted octanol–water partition coefficient (Wildman–Crippen LogP) is 1.59. The molecule has 2 rings (SSSR count). The lowest BCUT2D eigenvalue weighted by atomic mass is 10.0. The molecule has 0 aromatic heterocycles. The van der Waals surface area contributed by atoms with Gasteiger partial charge in [0.05, 0.1) is 16.6 Å². The number of hydrogen-bond acceptors (Lipinski definition) is 6. The first kappa shape index (κ1) is 15.3.